The summed E-state index contributed by atoms with van der Waals surface area (Å²) in [5, 5.41) is 0.812. The van der Waals surface area contributed by atoms with Crippen LogP contribution in [0.15, 0.2) is 24.3 Å². The molecule has 0 aromatic heterocycles. The molecule has 3 nitrogen and oxygen atoms in total. The highest BCUT2D eigenvalue weighted by molar-refractivity contribution is 6.31. The molecule has 0 saturated carbocycles. The molecule has 0 aliphatic carbocycles. The van der Waals surface area contributed by atoms with Gasteiger partial charge in [-0.25, -0.2) is 0 Å². The Kier molecular flexibility index (Phi) is 4.75. The lowest BCUT2D eigenvalue weighted by Gasteiger charge is -2.49. The molecule has 1 aromatic rings. The van der Waals surface area contributed by atoms with Crippen molar-refractivity contribution in [3.63, 3.8) is 0 Å². The van der Waals surface area contributed by atoms with E-state index in [-0.39, 0.29) is 17.6 Å². The molecule has 2 N–H and O–H groups in total. The maximum atomic E-state index is 6.39. The Morgan fingerprint density at radius 1 is 1.25 bits per heavy atom. The van der Waals surface area contributed by atoms with Crippen molar-refractivity contribution in [2.45, 2.75) is 38.4 Å². The molecule has 1 aliphatic heterocycles. The maximum absolute atomic E-state index is 6.39. The van der Waals surface area contributed by atoms with Crippen molar-refractivity contribution in [3.8, 4) is 0 Å². The Morgan fingerprint density at radius 3 is 2.45 bits per heavy atom. The first-order valence-corrected chi connectivity index (χ1v) is 7.66. The highest BCUT2D eigenvalue weighted by atomic mass is 35.5. The molecule has 1 saturated heterocycles. The first kappa shape index (κ1) is 15.8. The van der Waals surface area contributed by atoms with Crippen LogP contribution in [0.1, 0.15) is 32.4 Å². The molecule has 0 bridgehead atoms. The highest BCUT2D eigenvalue weighted by Gasteiger charge is 2.36. The van der Waals surface area contributed by atoms with Gasteiger partial charge in [0.05, 0.1) is 6.04 Å². The molecule has 20 heavy (non-hydrogen) atoms. The number of nitrogens with zero attached hydrogens (tertiary/aromatic N) is 2. The minimum absolute atomic E-state index is 0.0501. The van der Waals surface area contributed by atoms with Crippen molar-refractivity contribution in [3.05, 3.63) is 34.9 Å². The van der Waals surface area contributed by atoms with E-state index in [0.29, 0.717) is 0 Å². The number of piperazine rings is 1. The molecule has 1 fully saturated rings. The van der Waals surface area contributed by atoms with Gasteiger partial charge < -0.3 is 5.73 Å². The largest absolute Gasteiger partial charge is 0.326 e. The zero-order valence-corrected chi connectivity index (χ0v) is 13.7. The summed E-state index contributed by atoms with van der Waals surface area (Å²) in [6, 6.07) is 8.29. The van der Waals surface area contributed by atoms with Crippen molar-refractivity contribution in [1.82, 2.24) is 9.80 Å². The summed E-state index contributed by atoms with van der Waals surface area (Å²) >= 11 is 6.39. The van der Waals surface area contributed by atoms with Gasteiger partial charge in [0, 0.05) is 36.2 Å². The van der Waals surface area contributed by atoms with E-state index in [2.05, 4.69) is 43.7 Å². The molecular weight excluding hydrogens is 270 g/mol. The predicted octanol–water partition coefficient (Wildman–Crippen LogP) is 2.75. The van der Waals surface area contributed by atoms with Crippen LogP contribution in [-0.4, -0.2) is 48.1 Å². The second kappa shape index (κ2) is 6.02. The molecule has 112 valence electrons. The van der Waals surface area contributed by atoms with Gasteiger partial charge in [-0.05, 0) is 39.4 Å². The minimum atomic E-state index is 0.0501. The third kappa shape index (κ3) is 3.17. The lowest BCUT2D eigenvalue weighted by molar-refractivity contribution is 0.0113. The molecule has 1 aliphatic rings. The monoisotopic (exact) mass is 295 g/mol. The lowest BCUT2D eigenvalue weighted by Crippen LogP contribution is -2.59. The summed E-state index contributed by atoms with van der Waals surface area (Å²) in [4.78, 5) is 4.89. The number of nitrogens with two attached hydrogens (primary N) is 1. The molecule has 0 amide bonds. The molecule has 1 heterocycles. The maximum Gasteiger partial charge on any atom is 0.0512 e. The van der Waals surface area contributed by atoms with E-state index in [1.54, 1.807) is 0 Å². The third-order valence-electron chi connectivity index (χ3n) is 4.46. The number of likely N-dealkylation sites (N-methyl/N-ethyl adjacent to an activating group) is 1. The molecule has 2 rings (SSSR count). The number of benzene rings is 1. The second-order valence-electron chi connectivity index (χ2n) is 6.53. The normalized spacial score (nSPS) is 23.5. The quantitative estimate of drug-likeness (QED) is 0.931. The Morgan fingerprint density at radius 2 is 1.90 bits per heavy atom. The molecule has 0 spiro atoms. The van der Waals surface area contributed by atoms with E-state index >= 15 is 0 Å². The first-order valence-electron chi connectivity index (χ1n) is 7.28. The number of hydrogen-bond donors (Lipinski definition) is 1. The number of halogens is 1. The highest BCUT2D eigenvalue weighted by Crippen LogP contribution is 2.33. The Bertz CT molecular complexity index is 459. The predicted molar refractivity (Wildman–Crippen MR) is 86.1 cm³/mol. The van der Waals surface area contributed by atoms with Crippen LogP contribution in [0.3, 0.4) is 0 Å². The van der Waals surface area contributed by atoms with E-state index < -0.39 is 0 Å². The van der Waals surface area contributed by atoms with Crippen LogP contribution in [0, 0.1) is 0 Å². The van der Waals surface area contributed by atoms with E-state index in [9.17, 15) is 0 Å². The Balaban J connectivity index is 2.29. The fraction of sp³-hybridized carbons (Fsp3) is 0.625. The molecular formula is C16H26ClN3. The molecule has 1 aromatic carbocycles. The SMILES string of the molecule is CC(N)C(c1ccccc1Cl)N1CCN(C)C(C)(C)C1. The van der Waals surface area contributed by atoms with Crippen LogP contribution in [-0.2, 0) is 0 Å². The zero-order chi connectivity index (χ0) is 14.9. The summed E-state index contributed by atoms with van der Waals surface area (Å²) < 4.78 is 0. The van der Waals surface area contributed by atoms with E-state index in [1.165, 1.54) is 0 Å². The van der Waals surface area contributed by atoms with Gasteiger partial charge in [-0.3, -0.25) is 9.80 Å². The lowest BCUT2D eigenvalue weighted by atomic mass is 9.93. The summed E-state index contributed by atoms with van der Waals surface area (Å²) in [5.41, 5.74) is 7.58. The van der Waals surface area contributed by atoms with Crippen LogP contribution >= 0.6 is 11.6 Å². The smallest absolute Gasteiger partial charge is 0.0512 e. The van der Waals surface area contributed by atoms with Crippen molar-refractivity contribution in [2.75, 3.05) is 26.7 Å². The van der Waals surface area contributed by atoms with Crippen LogP contribution in [0.25, 0.3) is 0 Å². The Hall–Kier alpha value is -0.610. The van der Waals surface area contributed by atoms with Gasteiger partial charge in [0.1, 0.15) is 0 Å². The van der Waals surface area contributed by atoms with Crippen LogP contribution in [0.2, 0.25) is 5.02 Å². The summed E-state index contributed by atoms with van der Waals surface area (Å²) in [6.07, 6.45) is 0. The number of hydrogen-bond acceptors (Lipinski definition) is 3. The summed E-state index contributed by atoms with van der Waals surface area (Å²) in [7, 11) is 2.19. The zero-order valence-electron chi connectivity index (χ0n) is 12.9. The average molecular weight is 296 g/mol. The minimum Gasteiger partial charge on any atom is -0.326 e. The first-order chi connectivity index (χ1) is 9.33. The molecule has 2 unspecified atom stereocenters. The van der Waals surface area contributed by atoms with Crippen LogP contribution in [0.4, 0.5) is 0 Å². The summed E-state index contributed by atoms with van der Waals surface area (Å²) in [5.74, 6) is 0. The van der Waals surface area contributed by atoms with Gasteiger partial charge in [0.25, 0.3) is 0 Å². The van der Waals surface area contributed by atoms with Crippen molar-refractivity contribution in [1.29, 1.82) is 0 Å². The molecule has 4 heteroatoms. The van der Waals surface area contributed by atoms with Gasteiger partial charge in [-0.15, -0.1) is 0 Å². The average Bonchev–Trinajstić information content (AvgIpc) is 2.36. The molecule has 2 atom stereocenters. The standard InChI is InChI=1S/C16H26ClN3/c1-12(18)15(13-7-5-6-8-14(13)17)20-10-9-19(4)16(2,3)11-20/h5-8,12,15H,9-11,18H2,1-4H3. The number of rotatable bonds is 3. The van der Waals surface area contributed by atoms with E-state index in [1.807, 2.05) is 18.2 Å². The van der Waals surface area contributed by atoms with Crippen LogP contribution < -0.4 is 5.73 Å². The van der Waals surface area contributed by atoms with Crippen molar-refractivity contribution < 1.29 is 0 Å². The topological polar surface area (TPSA) is 32.5 Å². The Labute approximate surface area is 127 Å². The fourth-order valence-corrected chi connectivity index (χ4v) is 3.29. The van der Waals surface area contributed by atoms with E-state index in [0.717, 1.165) is 30.2 Å². The van der Waals surface area contributed by atoms with E-state index in [4.69, 9.17) is 17.3 Å². The van der Waals surface area contributed by atoms with Gasteiger partial charge in [-0.1, -0.05) is 29.8 Å². The van der Waals surface area contributed by atoms with Crippen LogP contribution in [0.5, 0.6) is 0 Å². The second-order valence-corrected chi connectivity index (χ2v) is 6.94. The van der Waals surface area contributed by atoms with Crippen molar-refractivity contribution >= 4 is 11.6 Å². The third-order valence-corrected chi connectivity index (χ3v) is 4.81. The molecule has 0 radical (unpaired) electrons. The van der Waals surface area contributed by atoms with Gasteiger partial charge >= 0.3 is 0 Å². The van der Waals surface area contributed by atoms with Gasteiger partial charge in [-0.2, -0.15) is 0 Å². The fourth-order valence-electron chi connectivity index (χ4n) is 3.04. The van der Waals surface area contributed by atoms with Gasteiger partial charge in [0.15, 0.2) is 0 Å². The van der Waals surface area contributed by atoms with Crippen molar-refractivity contribution in [2.24, 2.45) is 5.73 Å². The summed E-state index contributed by atoms with van der Waals surface area (Å²) in [6.45, 7) is 9.71. The van der Waals surface area contributed by atoms with Gasteiger partial charge in [0.2, 0.25) is 0 Å².